The van der Waals surface area contributed by atoms with Crippen LogP contribution in [-0.4, -0.2) is 0 Å². The average molecular weight is 464 g/mol. The highest BCUT2D eigenvalue weighted by Gasteiger charge is 2.43. The number of rotatable bonds is 10. The molecule has 0 radical (unpaired) electrons. The Morgan fingerprint density at radius 2 is 1.27 bits per heavy atom. The highest BCUT2D eigenvalue weighted by molar-refractivity contribution is 9.10. The van der Waals surface area contributed by atoms with Gasteiger partial charge in [-0.05, 0) is 51.9 Å². The zero-order valence-corrected chi connectivity index (χ0v) is 20.2. The summed E-state index contributed by atoms with van der Waals surface area (Å²) in [6.07, 6.45) is 13.2. The predicted octanol–water partition coefficient (Wildman–Crippen LogP) is 9.81. The minimum Gasteiger partial charge on any atom is -0.0654 e. The maximum atomic E-state index is 3.93. The van der Waals surface area contributed by atoms with Crippen molar-refractivity contribution < 1.29 is 0 Å². The van der Waals surface area contributed by atoms with Crippen LogP contribution in [0.5, 0.6) is 0 Å². The van der Waals surface area contributed by atoms with Crippen molar-refractivity contribution in [3.8, 4) is 11.1 Å². The van der Waals surface area contributed by atoms with Crippen LogP contribution in [0.2, 0.25) is 0 Å². The van der Waals surface area contributed by atoms with Gasteiger partial charge in [0.25, 0.3) is 0 Å². The second-order valence-corrected chi connectivity index (χ2v) is 9.93. The van der Waals surface area contributed by atoms with E-state index >= 15 is 0 Å². The Morgan fingerprint density at radius 3 is 1.93 bits per heavy atom. The minimum atomic E-state index is 0.167. The third-order valence-electron chi connectivity index (χ3n) is 7.14. The summed E-state index contributed by atoms with van der Waals surface area (Å²) < 4.78 is 1.25. The van der Waals surface area contributed by atoms with Crippen LogP contribution in [0.4, 0.5) is 0 Å². The maximum absolute atomic E-state index is 3.93. The van der Waals surface area contributed by atoms with Gasteiger partial charge in [-0.15, -0.1) is 0 Å². The predicted molar refractivity (Wildman–Crippen MR) is 135 cm³/mol. The molecule has 0 aliphatic heterocycles. The molecule has 0 bridgehead atoms. The number of halogens is 1. The molecule has 30 heavy (non-hydrogen) atoms. The van der Waals surface area contributed by atoms with Gasteiger partial charge >= 0.3 is 0 Å². The third-order valence-corrected chi connectivity index (χ3v) is 7.79. The van der Waals surface area contributed by atoms with Gasteiger partial charge in [-0.3, -0.25) is 0 Å². The minimum absolute atomic E-state index is 0.167. The number of fused-ring (bicyclic) bond motifs is 5. The Morgan fingerprint density at radius 1 is 0.667 bits per heavy atom. The molecule has 0 atom stereocenters. The first-order valence-corrected chi connectivity index (χ1v) is 12.8. The van der Waals surface area contributed by atoms with E-state index in [0.717, 1.165) is 0 Å². The van der Waals surface area contributed by atoms with E-state index in [1.807, 2.05) is 0 Å². The molecule has 3 aromatic carbocycles. The van der Waals surface area contributed by atoms with Crippen molar-refractivity contribution in [2.75, 3.05) is 0 Å². The molecule has 0 spiro atoms. The van der Waals surface area contributed by atoms with Crippen LogP contribution in [0.3, 0.4) is 0 Å². The Kier molecular flexibility index (Phi) is 6.98. The number of benzene rings is 3. The lowest BCUT2D eigenvalue weighted by Crippen LogP contribution is -2.25. The van der Waals surface area contributed by atoms with Crippen LogP contribution in [0.25, 0.3) is 21.9 Å². The lowest BCUT2D eigenvalue weighted by atomic mass is 9.70. The molecule has 1 heteroatoms. The molecule has 0 heterocycles. The summed E-state index contributed by atoms with van der Waals surface area (Å²) in [6, 6.07) is 20.7. The summed E-state index contributed by atoms with van der Waals surface area (Å²) in [5.74, 6) is 0. The van der Waals surface area contributed by atoms with Crippen molar-refractivity contribution in [3.05, 3.63) is 70.2 Å². The van der Waals surface area contributed by atoms with Crippen molar-refractivity contribution in [2.24, 2.45) is 0 Å². The molecule has 0 nitrogen and oxygen atoms in total. The van der Waals surface area contributed by atoms with Gasteiger partial charge in [-0.1, -0.05) is 130 Å². The van der Waals surface area contributed by atoms with E-state index in [1.54, 1.807) is 11.1 Å². The average Bonchev–Trinajstić information content (AvgIpc) is 3.05. The summed E-state index contributed by atoms with van der Waals surface area (Å²) in [5.41, 5.74) is 6.29. The van der Waals surface area contributed by atoms with Crippen LogP contribution in [0.1, 0.15) is 89.2 Å². The maximum Gasteiger partial charge on any atom is 0.0257 e. The molecular formula is C29H35Br. The molecule has 0 amide bonds. The van der Waals surface area contributed by atoms with Crippen LogP contribution in [0.15, 0.2) is 59.1 Å². The van der Waals surface area contributed by atoms with Gasteiger partial charge in [0.2, 0.25) is 0 Å². The molecule has 0 aromatic heterocycles. The molecule has 0 unspecified atom stereocenters. The number of unbranched alkanes of at least 4 members (excludes halogenated alkanes) is 6. The Balaban J connectivity index is 1.87. The third kappa shape index (κ3) is 3.86. The fourth-order valence-corrected chi connectivity index (χ4v) is 6.21. The first-order chi connectivity index (χ1) is 14.7. The summed E-state index contributed by atoms with van der Waals surface area (Å²) in [7, 11) is 0. The summed E-state index contributed by atoms with van der Waals surface area (Å²) >= 11 is 3.93. The quantitative estimate of drug-likeness (QED) is 0.263. The molecule has 3 aromatic rings. The van der Waals surface area contributed by atoms with Crippen LogP contribution < -0.4 is 0 Å². The summed E-state index contributed by atoms with van der Waals surface area (Å²) in [4.78, 5) is 0. The van der Waals surface area contributed by atoms with Gasteiger partial charge in [-0.2, -0.15) is 0 Å². The number of hydrogen-bond acceptors (Lipinski definition) is 0. The Bertz CT molecular complexity index is 988. The van der Waals surface area contributed by atoms with E-state index < -0.39 is 0 Å². The van der Waals surface area contributed by atoms with Crippen molar-refractivity contribution >= 4 is 26.7 Å². The van der Waals surface area contributed by atoms with Gasteiger partial charge in [0.05, 0.1) is 0 Å². The van der Waals surface area contributed by atoms with Crippen molar-refractivity contribution in [1.29, 1.82) is 0 Å². The van der Waals surface area contributed by atoms with Gasteiger partial charge in [0, 0.05) is 9.89 Å². The fourth-order valence-electron chi connectivity index (χ4n) is 5.63. The zero-order chi connectivity index (χ0) is 21.0. The van der Waals surface area contributed by atoms with Crippen molar-refractivity contribution in [1.82, 2.24) is 0 Å². The SMILES string of the molecule is CCCCCCC1(CCCCCC)c2ccccc2-c2c1cc(Br)c1ccccc21. The van der Waals surface area contributed by atoms with Crippen molar-refractivity contribution in [3.63, 3.8) is 0 Å². The largest absolute Gasteiger partial charge is 0.0654 e. The summed E-state index contributed by atoms with van der Waals surface area (Å²) in [5, 5.41) is 2.73. The lowest BCUT2D eigenvalue weighted by Gasteiger charge is -2.33. The van der Waals surface area contributed by atoms with Crippen LogP contribution in [-0.2, 0) is 5.41 Å². The van der Waals surface area contributed by atoms with Gasteiger partial charge in [0.1, 0.15) is 0 Å². The molecule has 0 N–H and O–H groups in total. The molecule has 1 aliphatic carbocycles. The molecule has 158 valence electrons. The molecule has 0 saturated heterocycles. The normalized spacial score (nSPS) is 14.1. The molecule has 0 fully saturated rings. The topological polar surface area (TPSA) is 0 Å². The van der Waals surface area contributed by atoms with Crippen LogP contribution >= 0.6 is 15.9 Å². The fraction of sp³-hybridized carbons (Fsp3) is 0.448. The second kappa shape index (κ2) is 9.69. The molecule has 0 saturated carbocycles. The van der Waals surface area contributed by atoms with Crippen LogP contribution in [0, 0.1) is 0 Å². The highest BCUT2D eigenvalue weighted by Crippen LogP contribution is 2.56. The van der Waals surface area contributed by atoms with E-state index in [-0.39, 0.29) is 5.41 Å². The second-order valence-electron chi connectivity index (χ2n) is 9.08. The highest BCUT2D eigenvalue weighted by atomic mass is 79.9. The van der Waals surface area contributed by atoms with Gasteiger partial charge in [-0.25, -0.2) is 0 Å². The Labute approximate surface area is 191 Å². The van der Waals surface area contributed by atoms with Gasteiger partial charge in [0.15, 0.2) is 0 Å². The van der Waals surface area contributed by atoms with E-state index in [4.69, 9.17) is 0 Å². The van der Waals surface area contributed by atoms with Crippen molar-refractivity contribution in [2.45, 2.75) is 83.5 Å². The van der Waals surface area contributed by atoms with E-state index in [1.165, 1.54) is 90.6 Å². The van der Waals surface area contributed by atoms with E-state index in [2.05, 4.69) is 84.4 Å². The molecular weight excluding hydrogens is 428 g/mol. The number of hydrogen-bond donors (Lipinski definition) is 0. The summed E-state index contributed by atoms with van der Waals surface area (Å²) in [6.45, 7) is 4.62. The monoisotopic (exact) mass is 462 g/mol. The van der Waals surface area contributed by atoms with Gasteiger partial charge < -0.3 is 0 Å². The first kappa shape index (κ1) is 21.6. The Hall–Kier alpha value is -1.60. The van der Waals surface area contributed by atoms with E-state index in [0.29, 0.717) is 0 Å². The lowest BCUT2D eigenvalue weighted by molar-refractivity contribution is 0.401. The standard InChI is InChI=1S/C29H35Br/c1-3-5-7-13-19-29(20-14-8-6-4-2)25-18-12-11-17-24(25)28-23-16-10-9-15-22(23)27(30)21-26(28)29/h9-12,15-18,21H,3-8,13-14,19-20H2,1-2H3. The molecule has 4 rings (SSSR count). The zero-order valence-electron chi connectivity index (χ0n) is 18.6. The molecule has 1 aliphatic rings. The van der Waals surface area contributed by atoms with E-state index in [9.17, 15) is 0 Å². The smallest absolute Gasteiger partial charge is 0.0257 e. The first-order valence-electron chi connectivity index (χ1n) is 12.0.